The number of carbonyl (C=O) groups is 2. The highest BCUT2D eigenvalue weighted by Crippen LogP contribution is 2.22. The number of halogens is 1. The Kier molecular flexibility index (Phi) is 8.04. The van der Waals surface area contributed by atoms with Gasteiger partial charge in [0.25, 0.3) is 11.8 Å². The van der Waals surface area contributed by atoms with Crippen molar-refractivity contribution in [3.05, 3.63) is 110 Å². The molecule has 12 nitrogen and oxygen atoms in total. The average Bonchev–Trinajstić information content (AvgIpc) is 3.38. The van der Waals surface area contributed by atoms with E-state index in [0.717, 1.165) is 0 Å². The average molecular weight is 534 g/mol. The van der Waals surface area contributed by atoms with Crippen LogP contribution in [-0.4, -0.2) is 44.8 Å². The molecule has 1 aromatic heterocycles. The molecule has 0 aliphatic rings. The molecule has 2 amide bonds. The second kappa shape index (κ2) is 11.8. The molecule has 0 saturated carbocycles. The van der Waals surface area contributed by atoms with E-state index >= 15 is 0 Å². The third kappa shape index (κ3) is 6.17. The molecule has 3 aromatic carbocycles. The molecule has 0 fully saturated rings. The minimum Gasteiger partial charge on any atom is -0.496 e. The third-order valence-corrected chi connectivity index (χ3v) is 5.57. The number of hydrazone groups is 1. The van der Waals surface area contributed by atoms with E-state index in [9.17, 15) is 19.7 Å². The van der Waals surface area contributed by atoms with E-state index in [2.05, 4.69) is 25.9 Å². The van der Waals surface area contributed by atoms with E-state index in [4.69, 9.17) is 16.3 Å². The fourth-order valence-corrected chi connectivity index (χ4v) is 3.69. The van der Waals surface area contributed by atoms with Gasteiger partial charge < -0.3 is 20.2 Å². The number of carbonyl (C=O) groups excluding carboxylic acids is 2. The van der Waals surface area contributed by atoms with Crippen molar-refractivity contribution in [1.82, 2.24) is 20.2 Å². The van der Waals surface area contributed by atoms with Crippen LogP contribution in [0.5, 0.6) is 5.75 Å². The smallest absolute Gasteiger partial charge is 0.490 e. The van der Waals surface area contributed by atoms with E-state index in [1.165, 1.54) is 24.3 Å². The molecule has 192 valence electrons. The van der Waals surface area contributed by atoms with Gasteiger partial charge in [-0.1, -0.05) is 40.9 Å². The summed E-state index contributed by atoms with van der Waals surface area (Å²) in [7, 11) is 1.50. The quantitative estimate of drug-likeness (QED) is 0.188. The lowest BCUT2D eigenvalue weighted by Crippen LogP contribution is -2.21. The maximum atomic E-state index is 12.8. The number of nitrogens with zero attached hydrogens (tertiary/aromatic N) is 5. The summed E-state index contributed by atoms with van der Waals surface area (Å²) in [6.07, 6.45) is 2.68. The molecule has 13 heteroatoms. The van der Waals surface area contributed by atoms with Crippen LogP contribution in [0.15, 0.2) is 78.2 Å². The Balaban J connectivity index is 1.46. The summed E-state index contributed by atoms with van der Waals surface area (Å²) in [5.41, 5.74) is 4.50. The first-order chi connectivity index (χ1) is 18.4. The maximum absolute atomic E-state index is 12.8. The van der Waals surface area contributed by atoms with Crippen LogP contribution in [-0.2, 0) is 6.54 Å². The number of para-hydroxylation sites is 1. The van der Waals surface area contributed by atoms with Gasteiger partial charge in [0.05, 0.1) is 41.7 Å². The summed E-state index contributed by atoms with van der Waals surface area (Å²) < 4.78 is 6.67. The van der Waals surface area contributed by atoms with Crippen molar-refractivity contribution in [2.75, 3.05) is 12.4 Å². The van der Waals surface area contributed by atoms with Crippen LogP contribution in [0.2, 0.25) is 5.02 Å². The normalized spacial score (nSPS) is 10.8. The fourth-order valence-electron chi connectivity index (χ4n) is 3.47. The number of benzene rings is 3. The molecule has 4 aromatic rings. The lowest BCUT2D eigenvalue weighted by molar-refractivity contribution is -0.394. The van der Waals surface area contributed by atoms with Crippen molar-refractivity contribution in [3.63, 3.8) is 0 Å². The molecule has 0 spiro atoms. The van der Waals surface area contributed by atoms with E-state index in [0.29, 0.717) is 22.6 Å². The second-order valence-corrected chi connectivity index (χ2v) is 8.16. The van der Waals surface area contributed by atoms with E-state index in [-0.39, 0.29) is 22.7 Å². The van der Waals surface area contributed by atoms with Gasteiger partial charge in [-0.2, -0.15) is 9.78 Å². The summed E-state index contributed by atoms with van der Waals surface area (Å²) >= 11 is 6.10. The third-order valence-electron chi connectivity index (χ3n) is 5.24. The van der Waals surface area contributed by atoms with Crippen LogP contribution < -0.4 is 15.5 Å². The molecule has 1 heterocycles. The Morgan fingerprint density at radius 3 is 2.55 bits per heavy atom. The number of anilines is 1. The van der Waals surface area contributed by atoms with Gasteiger partial charge in [-0.05, 0) is 53.0 Å². The zero-order valence-electron chi connectivity index (χ0n) is 19.9. The Morgan fingerprint density at radius 2 is 1.84 bits per heavy atom. The number of nitro groups is 1. The van der Waals surface area contributed by atoms with E-state index in [1.54, 1.807) is 66.7 Å². The molecule has 4 rings (SSSR count). The van der Waals surface area contributed by atoms with Crippen LogP contribution in [0.1, 0.15) is 31.8 Å². The second-order valence-electron chi connectivity index (χ2n) is 7.75. The van der Waals surface area contributed by atoms with Gasteiger partial charge in [0.15, 0.2) is 0 Å². The van der Waals surface area contributed by atoms with Gasteiger partial charge in [-0.3, -0.25) is 9.59 Å². The van der Waals surface area contributed by atoms with Crippen molar-refractivity contribution >= 4 is 41.3 Å². The molecule has 0 aliphatic carbocycles. The van der Waals surface area contributed by atoms with Crippen molar-refractivity contribution in [1.29, 1.82) is 0 Å². The summed E-state index contributed by atoms with van der Waals surface area (Å²) in [6.45, 7) is 0.163. The number of aromatic nitrogens is 3. The van der Waals surface area contributed by atoms with Crippen molar-refractivity contribution < 1.29 is 19.2 Å². The largest absolute Gasteiger partial charge is 0.496 e. The molecule has 0 aliphatic heterocycles. The van der Waals surface area contributed by atoms with Crippen LogP contribution >= 0.6 is 11.6 Å². The first kappa shape index (κ1) is 26.0. The highest BCUT2D eigenvalue weighted by Gasteiger charge is 2.16. The fraction of sp³-hybridized carbons (Fsp3) is 0.0800. The van der Waals surface area contributed by atoms with E-state index in [1.807, 2.05) is 0 Å². The molecule has 0 radical (unpaired) electrons. The number of amides is 2. The van der Waals surface area contributed by atoms with Gasteiger partial charge in [-0.15, -0.1) is 0 Å². The van der Waals surface area contributed by atoms with Crippen LogP contribution in [0, 0.1) is 10.1 Å². The summed E-state index contributed by atoms with van der Waals surface area (Å²) in [4.78, 5) is 39.3. The molecule has 2 N–H and O–H groups in total. The summed E-state index contributed by atoms with van der Waals surface area (Å²) in [5.74, 6) is -0.969. The number of nitrogens with one attached hydrogen (secondary N) is 2. The number of rotatable bonds is 9. The molecule has 38 heavy (non-hydrogen) atoms. The molecule has 0 atom stereocenters. The Hall–Kier alpha value is -5.10. The summed E-state index contributed by atoms with van der Waals surface area (Å²) in [5, 5.41) is 21.7. The molecule has 0 bridgehead atoms. The van der Waals surface area contributed by atoms with E-state index < -0.39 is 22.7 Å². The highest BCUT2D eigenvalue weighted by molar-refractivity contribution is 6.34. The SMILES string of the molecule is COc1ccc(C=NNC(=O)c2ccccc2NC(=O)c2ccccc2Cl)cc1Cn1cnc([N+](=O)[O-])n1. The zero-order chi connectivity index (χ0) is 27.1. The molecule has 0 unspecified atom stereocenters. The van der Waals surface area contributed by atoms with Crippen LogP contribution in [0.3, 0.4) is 0 Å². The number of hydrogen-bond acceptors (Lipinski definition) is 8. The molecular formula is C25H20ClN7O5. The lowest BCUT2D eigenvalue weighted by atomic mass is 10.1. The van der Waals surface area contributed by atoms with Gasteiger partial charge in [0, 0.05) is 10.7 Å². The number of methoxy groups -OCH3 is 1. The highest BCUT2D eigenvalue weighted by atomic mass is 35.5. The topological polar surface area (TPSA) is 154 Å². The molecular weight excluding hydrogens is 514 g/mol. The maximum Gasteiger partial charge on any atom is 0.490 e. The van der Waals surface area contributed by atoms with Gasteiger partial charge in [0.1, 0.15) is 5.75 Å². The predicted molar refractivity (Wildman–Crippen MR) is 140 cm³/mol. The van der Waals surface area contributed by atoms with Gasteiger partial charge in [-0.25, -0.2) is 5.43 Å². The van der Waals surface area contributed by atoms with Crippen LogP contribution in [0.4, 0.5) is 11.6 Å². The first-order valence-electron chi connectivity index (χ1n) is 11.0. The van der Waals surface area contributed by atoms with Crippen molar-refractivity contribution in [2.45, 2.75) is 6.54 Å². The Bertz CT molecular complexity index is 1540. The minimum atomic E-state index is -0.681. The minimum absolute atomic E-state index is 0.163. The zero-order valence-corrected chi connectivity index (χ0v) is 20.6. The first-order valence-corrected chi connectivity index (χ1v) is 11.4. The monoisotopic (exact) mass is 533 g/mol. The van der Waals surface area contributed by atoms with Gasteiger partial charge in [0.2, 0.25) is 6.33 Å². The lowest BCUT2D eigenvalue weighted by Gasteiger charge is -2.11. The van der Waals surface area contributed by atoms with Crippen molar-refractivity contribution in [3.8, 4) is 5.75 Å². The van der Waals surface area contributed by atoms with Crippen molar-refractivity contribution in [2.24, 2.45) is 5.10 Å². The van der Waals surface area contributed by atoms with Crippen LogP contribution in [0.25, 0.3) is 0 Å². The molecule has 0 saturated heterocycles. The predicted octanol–water partition coefficient (Wildman–Crippen LogP) is 3.91. The van der Waals surface area contributed by atoms with Gasteiger partial charge >= 0.3 is 5.95 Å². The number of ether oxygens (including phenoxy) is 1. The summed E-state index contributed by atoms with van der Waals surface area (Å²) in [6, 6.07) is 18.2. The number of hydrogen-bond donors (Lipinski definition) is 2. The Labute approximate surface area is 221 Å². The standard InChI is InChI=1S/C25H20ClN7O5/c1-38-22-11-10-16(12-17(22)14-32-15-27-25(31-32)33(36)37)13-28-30-24(35)19-7-3-5-9-21(19)29-23(34)18-6-2-4-8-20(18)26/h2-13,15H,14H2,1H3,(H,29,34)(H,30,35). The Morgan fingerprint density at radius 1 is 1.11 bits per heavy atom.